The fourth-order valence-electron chi connectivity index (χ4n) is 3.41. The predicted octanol–water partition coefficient (Wildman–Crippen LogP) is 1.10. The molecule has 20 heavy (non-hydrogen) atoms. The summed E-state index contributed by atoms with van der Waals surface area (Å²) in [4.78, 5) is 13.9. The molecule has 0 radical (unpaired) electrons. The number of carbonyl (C=O) groups is 1. The van der Waals surface area contributed by atoms with E-state index in [0.717, 1.165) is 45.3 Å². The van der Waals surface area contributed by atoms with Gasteiger partial charge in [0.2, 0.25) is 10.0 Å². The van der Waals surface area contributed by atoms with Gasteiger partial charge in [0, 0.05) is 38.1 Å². The number of piperazine rings is 1. The molecule has 5 nitrogen and oxygen atoms in total. The second-order valence-electron chi connectivity index (χ2n) is 6.33. The van der Waals surface area contributed by atoms with Gasteiger partial charge in [-0.3, -0.25) is 4.90 Å². The lowest BCUT2D eigenvalue weighted by molar-refractivity contribution is -0.118. The van der Waals surface area contributed by atoms with E-state index in [4.69, 9.17) is 0 Å². The minimum atomic E-state index is -3.07. The van der Waals surface area contributed by atoms with Crippen molar-refractivity contribution in [1.82, 2.24) is 9.21 Å². The highest BCUT2D eigenvalue weighted by molar-refractivity contribution is 7.88. The lowest BCUT2D eigenvalue weighted by atomic mass is 9.81. The van der Waals surface area contributed by atoms with Crippen molar-refractivity contribution in [3.8, 4) is 0 Å². The van der Waals surface area contributed by atoms with Gasteiger partial charge in [-0.05, 0) is 12.8 Å². The summed E-state index contributed by atoms with van der Waals surface area (Å²) in [6, 6.07) is 0. The molecule has 2 fully saturated rings. The Bertz CT molecular complexity index is 420. The number of nitrogens with zero attached hydrogens (tertiary/aromatic N) is 2. The zero-order valence-electron chi connectivity index (χ0n) is 12.4. The zero-order chi connectivity index (χ0) is 14.6. The third kappa shape index (κ3) is 4.02. The fraction of sp³-hybridized carbons (Fsp3) is 0.929. The van der Waals surface area contributed by atoms with Crippen LogP contribution in [0.25, 0.3) is 0 Å². The van der Waals surface area contributed by atoms with Gasteiger partial charge in [-0.1, -0.05) is 25.7 Å². The van der Waals surface area contributed by atoms with Gasteiger partial charge in [-0.2, -0.15) is 4.31 Å². The number of rotatable bonds is 4. The number of sulfonamides is 1. The molecule has 0 aromatic carbocycles. The monoisotopic (exact) mass is 302 g/mol. The molecule has 1 heterocycles. The molecule has 0 spiro atoms. The Morgan fingerprint density at radius 2 is 1.55 bits per heavy atom. The summed E-state index contributed by atoms with van der Waals surface area (Å²) >= 11 is 0. The number of hydrogen-bond acceptors (Lipinski definition) is 4. The lowest BCUT2D eigenvalue weighted by Crippen LogP contribution is -2.51. The zero-order valence-corrected chi connectivity index (χ0v) is 13.2. The minimum Gasteiger partial charge on any atom is -0.303 e. The second-order valence-corrected chi connectivity index (χ2v) is 8.32. The molecule has 2 rings (SSSR count). The summed E-state index contributed by atoms with van der Waals surface area (Å²) in [6.07, 6.45) is 9.16. The largest absolute Gasteiger partial charge is 0.303 e. The quantitative estimate of drug-likeness (QED) is 0.576. The molecule has 0 amide bonds. The molecule has 0 aromatic heterocycles. The number of hydrogen-bond donors (Lipinski definition) is 0. The standard InChI is InChI=1S/C14H26N2O3S/c1-20(18,19)16-10-8-15(9-11-16)12-14(13-17)6-4-2-3-5-7-14/h13H,2-12H2,1H3. The topological polar surface area (TPSA) is 57.7 Å². The van der Waals surface area contributed by atoms with Crippen LogP contribution in [-0.4, -0.2) is 62.9 Å². The van der Waals surface area contributed by atoms with Crippen LogP contribution in [0.1, 0.15) is 38.5 Å². The van der Waals surface area contributed by atoms with Crippen molar-refractivity contribution in [2.24, 2.45) is 5.41 Å². The van der Waals surface area contributed by atoms with Gasteiger partial charge in [0.05, 0.1) is 6.26 Å². The fourth-order valence-corrected chi connectivity index (χ4v) is 4.24. The van der Waals surface area contributed by atoms with Crippen LogP contribution in [0, 0.1) is 5.41 Å². The van der Waals surface area contributed by atoms with E-state index in [9.17, 15) is 13.2 Å². The van der Waals surface area contributed by atoms with Crippen LogP contribution in [-0.2, 0) is 14.8 Å². The van der Waals surface area contributed by atoms with Crippen LogP contribution in [0.3, 0.4) is 0 Å². The van der Waals surface area contributed by atoms with Gasteiger partial charge in [0.1, 0.15) is 6.29 Å². The molecule has 0 N–H and O–H groups in total. The molecule has 116 valence electrons. The lowest BCUT2D eigenvalue weighted by Gasteiger charge is -2.38. The molecule has 0 atom stereocenters. The van der Waals surface area contributed by atoms with Gasteiger partial charge in [0.15, 0.2) is 0 Å². The number of carbonyl (C=O) groups excluding carboxylic acids is 1. The Kier molecular flexibility index (Phi) is 5.20. The van der Waals surface area contributed by atoms with Crippen molar-refractivity contribution >= 4 is 16.3 Å². The molecular formula is C14H26N2O3S. The smallest absolute Gasteiger partial charge is 0.211 e. The Morgan fingerprint density at radius 1 is 1.00 bits per heavy atom. The van der Waals surface area contributed by atoms with Crippen molar-refractivity contribution < 1.29 is 13.2 Å². The highest BCUT2D eigenvalue weighted by Gasteiger charge is 2.34. The van der Waals surface area contributed by atoms with Crippen molar-refractivity contribution in [2.45, 2.75) is 38.5 Å². The van der Waals surface area contributed by atoms with Crippen molar-refractivity contribution in [1.29, 1.82) is 0 Å². The third-order valence-electron chi connectivity index (χ3n) is 4.69. The molecule has 1 aliphatic carbocycles. The van der Waals surface area contributed by atoms with Crippen LogP contribution in [0.4, 0.5) is 0 Å². The number of aldehydes is 1. The van der Waals surface area contributed by atoms with Crippen LogP contribution in [0.15, 0.2) is 0 Å². The van der Waals surface area contributed by atoms with Gasteiger partial charge in [-0.25, -0.2) is 8.42 Å². The normalized spacial score (nSPS) is 26.1. The van der Waals surface area contributed by atoms with Gasteiger partial charge >= 0.3 is 0 Å². The molecule has 0 bridgehead atoms. The first-order valence-electron chi connectivity index (χ1n) is 7.59. The summed E-state index contributed by atoms with van der Waals surface area (Å²) in [7, 11) is -3.07. The van der Waals surface area contributed by atoms with E-state index in [1.165, 1.54) is 29.7 Å². The molecule has 6 heteroatoms. The van der Waals surface area contributed by atoms with Crippen LogP contribution < -0.4 is 0 Å². The van der Waals surface area contributed by atoms with Crippen molar-refractivity contribution in [2.75, 3.05) is 39.0 Å². The Balaban J connectivity index is 1.91. The maximum absolute atomic E-state index is 11.6. The Labute approximate surface area is 122 Å². The van der Waals surface area contributed by atoms with Crippen LogP contribution in [0.5, 0.6) is 0 Å². The van der Waals surface area contributed by atoms with Crippen molar-refractivity contribution in [3.63, 3.8) is 0 Å². The molecule has 2 aliphatic rings. The van der Waals surface area contributed by atoms with Gasteiger partial charge in [0.25, 0.3) is 0 Å². The highest BCUT2D eigenvalue weighted by Crippen LogP contribution is 2.34. The summed E-state index contributed by atoms with van der Waals surface area (Å²) in [5.74, 6) is 0. The maximum Gasteiger partial charge on any atom is 0.211 e. The highest BCUT2D eigenvalue weighted by atomic mass is 32.2. The summed E-state index contributed by atoms with van der Waals surface area (Å²) in [5, 5.41) is 0. The maximum atomic E-state index is 11.6. The molecule has 0 aromatic rings. The summed E-state index contributed by atoms with van der Waals surface area (Å²) in [6.45, 7) is 3.38. The van der Waals surface area contributed by atoms with E-state index >= 15 is 0 Å². The summed E-state index contributed by atoms with van der Waals surface area (Å²) < 4.78 is 24.5. The molecule has 1 saturated carbocycles. The minimum absolute atomic E-state index is 0.191. The molecule has 1 saturated heterocycles. The predicted molar refractivity (Wildman–Crippen MR) is 79.1 cm³/mol. The van der Waals surface area contributed by atoms with Crippen LogP contribution >= 0.6 is 0 Å². The first-order valence-corrected chi connectivity index (χ1v) is 9.44. The first kappa shape index (κ1) is 15.9. The second kappa shape index (κ2) is 6.54. The molecular weight excluding hydrogens is 276 g/mol. The van der Waals surface area contributed by atoms with E-state index in [1.807, 2.05) is 0 Å². The van der Waals surface area contributed by atoms with E-state index in [0.29, 0.717) is 13.1 Å². The Hall–Kier alpha value is -0.460. The summed E-state index contributed by atoms with van der Waals surface area (Å²) in [5.41, 5.74) is -0.191. The van der Waals surface area contributed by atoms with E-state index in [1.54, 1.807) is 0 Å². The van der Waals surface area contributed by atoms with Gasteiger partial charge < -0.3 is 4.79 Å². The molecule has 1 aliphatic heterocycles. The SMILES string of the molecule is CS(=O)(=O)N1CCN(CC2(C=O)CCCCCC2)CC1. The van der Waals surface area contributed by atoms with E-state index in [2.05, 4.69) is 4.90 Å². The average Bonchev–Trinajstić information content (AvgIpc) is 2.64. The van der Waals surface area contributed by atoms with E-state index < -0.39 is 10.0 Å². The van der Waals surface area contributed by atoms with E-state index in [-0.39, 0.29) is 5.41 Å². The molecule has 0 unspecified atom stereocenters. The Morgan fingerprint density at radius 3 is 2.00 bits per heavy atom. The average molecular weight is 302 g/mol. The first-order chi connectivity index (χ1) is 9.45. The van der Waals surface area contributed by atoms with Crippen molar-refractivity contribution in [3.05, 3.63) is 0 Å². The van der Waals surface area contributed by atoms with Crippen LogP contribution in [0.2, 0.25) is 0 Å². The third-order valence-corrected chi connectivity index (χ3v) is 5.99. The van der Waals surface area contributed by atoms with Gasteiger partial charge in [-0.15, -0.1) is 0 Å².